The first-order valence-electron chi connectivity index (χ1n) is 11.9. The quantitative estimate of drug-likeness (QED) is 0.391. The van der Waals surface area contributed by atoms with E-state index in [1.165, 1.54) is 24.3 Å². The summed E-state index contributed by atoms with van der Waals surface area (Å²) in [6.07, 6.45) is -8.34. The van der Waals surface area contributed by atoms with Crippen LogP contribution in [0, 0.1) is 6.92 Å². The minimum absolute atomic E-state index is 0.184. The third-order valence-corrected chi connectivity index (χ3v) is 6.32. The number of nitrogens with zero attached hydrogens (tertiary/aromatic N) is 4. The van der Waals surface area contributed by atoms with E-state index in [4.69, 9.17) is 0 Å². The number of hydrogen-bond donors (Lipinski definition) is 1. The van der Waals surface area contributed by atoms with Gasteiger partial charge in [0.25, 0.3) is 0 Å². The summed E-state index contributed by atoms with van der Waals surface area (Å²) in [4.78, 5) is 25.3. The number of urea groups is 1. The molecule has 2 amide bonds. The van der Waals surface area contributed by atoms with Crippen molar-refractivity contribution in [2.45, 2.75) is 32.6 Å². The molecule has 0 spiro atoms. The van der Waals surface area contributed by atoms with Gasteiger partial charge in [0.2, 0.25) is 0 Å². The lowest BCUT2D eigenvalue weighted by atomic mass is 10.1. The first-order valence-corrected chi connectivity index (χ1v) is 11.9. The molecule has 6 nitrogen and oxygen atoms in total. The van der Waals surface area contributed by atoms with Gasteiger partial charge in [0.1, 0.15) is 5.82 Å². The molecule has 0 radical (unpaired) electrons. The van der Waals surface area contributed by atoms with Gasteiger partial charge in [-0.05, 0) is 49.7 Å². The second-order valence-electron chi connectivity index (χ2n) is 8.85. The maximum Gasteiger partial charge on any atom is 0.416 e. The van der Waals surface area contributed by atoms with Crippen LogP contribution in [0.2, 0.25) is 0 Å². The van der Waals surface area contributed by atoms with Gasteiger partial charge in [-0.1, -0.05) is 19.1 Å². The SMILES string of the molecule is CCc1c(C)nc(-c2cccc(C(F)(F)F)c2)nc1N1CCN(C(=O)Nc2ccc(C(F)(F)F)cc2)CC1. The highest BCUT2D eigenvalue weighted by atomic mass is 19.4. The summed E-state index contributed by atoms with van der Waals surface area (Å²) in [7, 11) is 0. The summed E-state index contributed by atoms with van der Waals surface area (Å²) >= 11 is 0. The molecule has 0 saturated carbocycles. The predicted molar refractivity (Wildman–Crippen MR) is 131 cm³/mol. The molecule has 0 aliphatic carbocycles. The molecule has 12 heteroatoms. The molecule has 0 atom stereocenters. The molecule has 0 unspecified atom stereocenters. The Labute approximate surface area is 215 Å². The average molecular weight is 538 g/mol. The van der Waals surface area contributed by atoms with E-state index in [9.17, 15) is 31.1 Å². The number of carbonyl (C=O) groups is 1. The van der Waals surface area contributed by atoms with Crippen molar-refractivity contribution < 1.29 is 31.1 Å². The van der Waals surface area contributed by atoms with Crippen LogP contribution >= 0.6 is 0 Å². The van der Waals surface area contributed by atoms with Gasteiger partial charge in [0.15, 0.2) is 5.82 Å². The molecule has 1 saturated heterocycles. The molecule has 3 aromatic rings. The minimum Gasteiger partial charge on any atom is -0.353 e. The molecule has 1 N–H and O–H groups in total. The fourth-order valence-electron chi connectivity index (χ4n) is 4.29. The molecule has 4 rings (SSSR count). The molecule has 2 aromatic carbocycles. The Morgan fingerprint density at radius 3 is 2.11 bits per heavy atom. The van der Waals surface area contributed by atoms with E-state index in [0.29, 0.717) is 44.1 Å². The number of aryl methyl sites for hydroxylation is 1. The van der Waals surface area contributed by atoms with Gasteiger partial charge in [0.05, 0.1) is 11.1 Å². The van der Waals surface area contributed by atoms with Crippen LogP contribution in [0.25, 0.3) is 11.4 Å². The number of alkyl halides is 6. The number of rotatable bonds is 4. The van der Waals surface area contributed by atoms with E-state index < -0.39 is 29.5 Å². The Bertz CT molecular complexity index is 1300. The zero-order valence-corrected chi connectivity index (χ0v) is 20.6. The van der Waals surface area contributed by atoms with E-state index in [2.05, 4.69) is 15.3 Å². The van der Waals surface area contributed by atoms with E-state index in [1.807, 2.05) is 11.8 Å². The van der Waals surface area contributed by atoms with Crippen LogP contribution in [0.4, 0.5) is 42.6 Å². The van der Waals surface area contributed by atoms with Gasteiger partial charge in [-0.25, -0.2) is 14.8 Å². The van der Waals surface area contributed by atoms with E-state index >= 15 is 0 Å². The lowest BCUT2D eigenvalue weighted by Gasteiger charge is -2.36. The summed E-state index contributed by atoms with van der Waals surface area (Å²) in [5, 5.41) is 2.61. The fraction of sp³-hybridized carbons (Fsp3) is 0.346. The zero-order valence-electron chi connectivity index (χ0n) is 20.6. The number of carbonyl (C=O) groups excluding carboxylic acids is 1. The van der Waals surface area contributed by atoms with Crippen molar-refractivity contribution in [3.8, 4) is 11.4 Å². The predicted octanol–water partition coefficient (Wildman–Crippen LogP) is 6.41. The number of amides is 2. The fourth-order valence-corrected chi connectivity index (χ4v) is 4.29. The normalized spacial score (nSPS) is 14.5. The first-order chi connectivity index (χ1) is 17.9. The van der Waals surface area contributed by atoms with Crippen molar-refractivity contribution in [1.82, 2.24) is 14.9 Å². The van der Waals surface area contributed by atoms with E-state index in [0.717, 1.165) is 29.8 Å². The highest BCUT2D eigenvalue weighted by Crippen LogP contribution is 2.33. The van der Waals surface area contributed by atoms with Crippen LogP contribution < -0.4 is 10.2 Å². The van der Waals surface area contributed by atoms with Gasteiger partial charge in [-0.2, -0.15) is 26.3 Å². The monoisotopic (exact) mass is 537 g/mol. The number of hydrogen-bond acceptors (Lipinski definition) is 4. The third kappa shape index (κ3) is 6.00. The molecule has 1 aliphatic rings. The molecule has 1 fully saturated rings. The van der Waals surface area contributed by atoms with Crippen molar-refractivity contribution in [2.24, 2.45) is 0 Å². The van der Waals surface area contributed by atoms with Crippen molar-refractivity contribution in [1.29, 1.82) is 0 Å². The minimum atomic E-state index is -4.49. The standard InChI is InChI=1S/C26H25F6N5O/c1-3-21-16(2)33-22(17-5-4-6-19(15-17)26(30,31)32)35-23(21)36-11-13-37(14-12-36)24(38)34-20-9-7-18(8-10-20)25(27,28)29/h4-10,15H,3,11-14H2,1-2H3,(H,34,38). The molecule has 0 bridgehead atoms. The number of halogens is 6. The number of piperazine rings is 1. The number of aromatic nitrogens is 2. The maximum absolute atomic E-state index is 13.2. The molecule has 202 valence electrons. The van der Waals surface area contributed by atoms with Crippen LogP contribution in [0.15, 0.2) is 48.5 Å². The Morgan fingerprint density at radius 2 is 1.53 bits per heavy atom. The second-order valence-corrected chi connectivity index (χ2v) is 8.85. The van der Waals surface area contributed by atoms with Gasteiger partial charge in [0, 0.05) is 48.7 Å². The van der Waals surface area contributed by atoms with Crippen molar-refractivity contribution in [2.75, 3.05) is 36.4 Å². The summed E-state index contributed by atoms with van der Waals surface area (Å²) in [5.41, 5.74) is 0.429. The van der Waals surface area contributed by atoms with E-state index in [-0.39, 0.29) is 17.1 Å². The highest BCUT2D eigenvalue weighted by molar-refractivity contribution is 5.89. The van der Waals surface area contributed by atoms with Crippen molar-refractivity contribution >= 4 is 17.5 Å². The Morgan fingerprint density at radius 1 is 0.895 bits per heavy atom. The summed E-state index contributed by atoms with van der Waals surface area (Å²) in [5.74, 6) is 0.790. The van der Waals surface area contributed by atoms with Crippen LogP contribution in [0.3, 0.4) is 0 Å². The maximum atomic E-state index is 13.2. The molecule has 2 heterocycles. The Hall–Kier alpha value is -3.83. The van der Waals surface area contributed by atoms with Crippen molar-refractivity contribution in [3.63, 3.8) is 0 Å². The van der Waals surface area contributed by atoms with Crippen LogP contribution in [-0.2, 0) is 18.8 Å². The summed E-state index contributed by atoms with van der Waals surface area (Å²) in [6, 6.07) is 8.62. The number of nitrogens with one attached hydrogen (secondary N) is 1. The van der Waals surface area contributed by atoms with Gasteiger partial charge in [-0.15, -0.1) is 0 Å². The number of anilines is 2. The van der Waals surface area contributed by atoms with Crippen LogP contribution in [0.5, 0.6) is 0 Å². The Kier molecular flexibility index (Phi) is 7.52. The van der Waals surface area contributed by atoms with Crippen LogP contribution in [-0.4, -0.2) is 47.1 Å². The zero-order chi connectivity index (χ0) is 27.7. The first kappa shape index (κ1) is 27.2. The largest absolute Gasteiger partial charge is 0.416 e. The molecule has 38 heavy (non-hydrogen) atoms. The summed E-state index contributed by atoms with van der Waals surface area (Å²) < 4.78 is 78.0. The Balaban J connectivity index is 1.48. The topological polar surface area (TPSA) is 61.4 Å². The lowest BCUT2D eigenvalue weighted by molar-refractivity contribution is -0.138. The highest BCUT2D eigenvalue weighted by Gasteiger charge is 2.32. The molecular weight excluding hydrogens is 512 g/mol. The molecule has 1 aliphatic heterocycles. The third-order valence-electron chi connectivity index (χ3n) is 6.32. The van der Waals surface area contributed by atoms with Crippen LogP contribution in [0.1, 0.15) is 29.3 Å². The molecule has 1 aromatic heterocycles. The smallest absolute Gasteiger partial charge is 0.353 e. The number of benzene rings is 2. The lowest BCUT2D eigenvalue weighted by Crippen LogP contribution is -2.50. The van der Waals surface area contributed by atoms with E-state index in [1.54, 1.807) is 11.8 Å². The van der Waals surface area contributed by atoms with Gasteiger partial charge < -0.3 is 15.1 Å². The summed E-state index contributed by atoms with van der Waals surface area (Å²) in [6.45, 7) is 5.18. The van der Waals surface area contributed by atoms with Gasteiger partial charge >= 0.3 is 18.4 Å². The van der Waals surface area contributed by atoms with Gasteiger partial charge in [-0.3, -0.25) is 0 Å². The average Bonchev–Trinajstić information content (AvgIpc) is 2.87. The molecular formula is C26H25F6N5O. The van der Waals surface area contributed by atoms with Crippen molar-refractivity contribution in [3.05, 3.63) is 70.9 Å². The second kappa shape index (κ2) is 10.5.